The SMILES string of the molecule is COc1ccccc1-n1cnnc1SCC(=O)N(C)C1(C#N)CCCCC1. The Balaban J connectivity index is 1.72. The van der Waals surface area contributed by atoms with E-state index in [4.69, 9.17) is 4.74 Å². The van der Waals surface area contributed by atoms with Gasteiger partial charge >= 0.3 is 0 Å². The second-order valence-electron chi connectivity index (χ2n) is 6.60. The van der Waals surface area contributed by atoms with E-state index in [1.165, 1.54) is 11.8 Å². The van der Waals surface area contributed by atoms with Crippen LogP contribution in [0.1, 0.15) is 32.1 Å². The molecule has 1 aromatic heterocycles. The summed E-state index contributed by atoms with van der Waals surface area (Å²) in [5.41, 5.74) is 0.140. The van der Waals surface area contributed by atoms with E-state index < -0.39 is 5.54 Å². The Kier molecular flexibility index (Phi) is 6.01. The van der Waals surface area contributed by atoms with Crippen LogP contribution in [0, 0.1) is 11.3 Å². The fourth-order valence-electron chi connectivity index (χ4n) is 3.44. The van der Waals surface area contributed by atoms with Crippen molar-refractivity contribution in [3.8, 4) is 17.5 Å². The Morgan fingerprint density at radius 2 is 2.11 bits per heavy atom. The zero-order valence-electron chi connectivity index (χ0n) is 15.6. The summed E-state index contributed by atoms with van der Waals surface area (Å²) < 4.78 is 7.20. The van der Waals surface area contributed by atoms with Gasteiger partial charge in [0.1, 0.15) is 17.6 Å². The summed E-state index contributed by atoms with van der Waals surface area (Å²) in [6.45, 7) is 0. The highest BCUT2D eigenvalue weighted by Gasteiger charge is 2.38. The molecule has 0 atom stereocenters. The molecule has 142 valence electrons. The van der Waals surface area contributed by atoms with Crippen LogP contribution in [0.15, 0.2) is 35.7 Å². The van der Waals surface area contributed by atoms with Crippen LogP contribution in [0.25, 0.3) is 5.69 Å². The molecule has 7 nitrogen and oxygen atoms in total. The number of thioether (sulfide) groups is 1. The molecule has 3 rings (SSSR count). The molecule has 1 amide bonds. The number of carbonyl (C=O) groups is 1. The molecule has 1 aliphatic carbocycles. The second-order valence-corrected chi connectivity index (χ2v) is 7.54. The lowest BCUT2D eigenvalue weighted by Crippen LogP contribution is -2.50. The van der Waals surface area contributed by atoms with Crippen LogP contribution in [0.2, 0.25) is 0 Å². The van der Waals surface area contributed by atoms with Crippen molar-refractivity contribution in [3.05, 3.63) is 30.6 Å². The molecular formula is C19H23N5O2S. The van der Waals surface area contributed by atoms with E-state index >= 15 is 0 Å². The number of para-hydroxylation sites is 2. The van der Waals surface area contributed by atoms with Crippen LogP contribution in [0.5, 0.6) is 5.75 Å². The summed E-state index contributed by atoms with van der Waals surface area (Å²) in [5, 5.41) is 18.4. The predicted molar refractivity (Wildman–Crippen MR) is 103 cm³/mol. The standard InChI is InChI=1S/C19H23N5O2S/c1-23(19(13-20)10-6-3-7-11-19)17(25)12-27-18-22-21-14-24(18)15-8-4-5-9-16(15)26-2/h4-5,8-9,14H,3,6-7,10-12H2,1-2H3. The molecule has 0 bridgehead atoms. The number of rotatable bonds is 6. The quantitative estimate of drug-likeness (QED) is 0.711. The van der Waals surface area contributed by atoms with Crippen molar-refractivity contribution in [2.75, 3.05) is 19.9 Å². The molecule has 1 heterocycles. The lowest BCUT2D eigenvalue weighted by atomic mass is 9.81. The van der Waals surface area contributed by atoms with Crippen molar-refractivity contribution < 1.29 is 9.53 Å². The van der Waals surface area contributed by atoms with Gasteiger partial charge in [-0.3, -0.25) is 9.36 Å². The van der Waals surface area contributed by atoms with Gasteiger partial charge < -0.3 is 9.64 Å². The molecule has 0 unspecified atom stereocenters. The van der Waals surface area contributed by atoms with Crippen LogP contribution in [-0.2, 0) is 4.79 Å². The van der Waals surface area contributed by atoms with Crippen LogP contribution in [0.3, 0.4) is 0 Å². The first-order valence-corrected chi connectivity index (χ1v) is 9.94. The zero-order valence-corrected chi connectivity index (χ0v) is 16.4. The Morgan fingerprint density at radius 1 is 1.37 bits per heavy atom. The molecule has 0 aliphatic heterocycles. The summed E-state index contributed by atoms with van der Waals surface area (Å²) in [6.07, 6.45) is 6.19. The number of ether oxygens (including phenoxy) is 1. The van der Waals surface area contributed by atoms with Crippen LogP contribution in [-0.4, -0.2) is 51.0 Å². The van der Waals surface area contributed by atoms with Gasteiger partial charge in [-0.25, -0.2) is 0 Å². The highest BCUT2D eigenvalue weighted by Crippen LogP contribution is 2.33. The van der Waals surface area contributed by atoms with Crippen LogP contribution in [0.4, 0.5) is 0 Å². The third kappa shape index (κ3) is 3.93. The monoisotopic (exact) mass is 385 g/mol. The smallest absolute Gasteiger partial charge is 0.234 e. The lowest BCUT2D eigenvalue weighted by Gasteiger charge is -2.39. The van der Waals surface area contributed by atoms with Gasteiger partial charge in [0.05, 0.1) is 24.6 Å². The third-order valence-corrected chi connectivity index (χ3v) is 6.02. The number of amides is 1. The topological polar surface area (TPSA) is 84.0 Å². The number of carbonyl (C=O) groups excluding carboxylic acids is 1. The molecule has 1 fully saturated rings. The lowest BCUT2D eigenvalue weighted by molar-refractivity contribution is -0.131. The highest BCUT2D eigenvalue weighted by atomic mass is 32.2. The second kappa shape index (κ2) is 8.44. The van der Waals surface area contributed by atoms with E-state index in [0.717, 1.165) is 37.8 Å². The van der Waals surface area contributed by atoms with Crippen molar-refractivity contribution in [2.45, 2.75) is 42.8 Å². The molecule has 2 aromatic rings. The van der Waals surface area contributed by atoms with Crippen molar-refractivity contribution >= 4 is 17.7 Å². The van der Waals surface area contributed by atoms with Gasteiger partial charge in [0, 0.05) is 7.05 Å². The number of hydrogen-bond acceptors (Lipinski definition) is 6. The highest BCUT2D eigenvalue weighted by molar-refractivity contribution is 7.99. The van der Waals surface area contributed by atoms with Gasteiger partial charge in [0.15, 0.2) is 5.16 Å². The summed E-state index contributed by atoms with van der Waals surface area (Å²) >= 11 is 1.31. The molecule has 1 aromatic carbocycles. The minimum atomic E-state index is -0.674. The molecule has 8 heteroatoms. The Hall–Kier alpha value is -2.53. The van der Waals surface area contributed by atoms with Gasteiger partial charge in [0.25, 0.3) is 0 Å². The van der Waals surface area contributed by atoms with Gasteiger partial charge in [-0.05, 0) is 25.0 Å². The van der Waals surface area contributed by atoms with Gasteiger partial charge in [-0.15, -0.1) is 10.2 Å². The van der Waals surface area contributed by atoms with E-state index in [1.54, 1.807) is 30.0 Å². The van der Waals surface area contributed by atoms with E-state index in [9.17, 15) is 10.1 Å². The van der Waals surface area contributed by atoms with Crippen LogP contribution >= 0.6 is 11.8 Å². The first-order chi connectivity index (χ1) is 13.1. The molecular weight excluding hydrogens is 362 g/mol. The summed E-state index contributed by atoms with van der Waals surface area (Å²) in [7, 11) is 3.35. The number of methoxy groups -OCH3 is 1. The third-order valence-electron chi connectivity index (χ3n) is 5.09. The number of nitriles is 1. The fraction of sp³-hybridized carbons (Fsp3) is 0.474. The Bertz CT molecular complexity index is 839. The van der Waals surface area contributed by atoms with Crippen molar-refractivity contribution in [2.24, 2.45) is 0 Å². The number of aromatic nitrogens is 3. The summed E-state index contributed by atoms with van der Waals surface area (Å²) in [4.78, 5) is 14.4. The van der Waals surface area contributed by atoms with Crippen molar-refractivity contribution in [3.63, 3.8) is 0 Å². The normalized spacial score (nSPS) is 15.7. The number of benzene rings is 1. The maximum absolute atomic E-state index is 12.7. The average molecular weight is 385 g/mol. The number of nitrogens with zero attached hydrogens (tertiary/aromatic N) is 5. The molecule has 0 radical (unpaired) electrons. The molecule has 0 saturated heterocycles. The first kappa shape index (κ1) is 19.2. The predicted octanol–water partition coefficient (Wildman–Crippen LogP) is 3.05. The summed E-state index contributed by atoms with van der Waals surface area (Å²) in [6, 6.07) is 9.96. The van der Waals surface area contributed by atoms with Gasteiger partial charge in [0.2, 0.25) is 5.91 Å². The van der Waals surface area contributed by atoms with Gasteiger partial charge in [-0.1, -0.05) is 43.2 Å². The molecule has 0 spiro atoms. The summed E-state index contributed by atoms with van der Waals surface area (Å²) in [5.74, 6) is 0.833. The van der Waals surface area contributed by atoms with E-state index in [-0.39, 0.29) is 11.7 Å². The Labute approximate surface area is 163 Å². The average Bonchev–Trinajstić information content (AvgIpc) is 3.20. The van der Waals surface area contributed by atoms with Crippen molar-refractivity contribution in [1.29, 1.82) is 5.26 Å². The Morgan fingerprint density at radius 3 is 2.81 bits per heavy atom. The molecule has 0 N–H and O–H groups in total. The van der Waals surface area contributed by atoms with Crippen molar-refractivity contribution in [1.82, 2.24) is 19.7 Å². The maximum atomic E-state index is 12.7. The van der Waals surface area contributed by atoms with Crippen LogP contribution < -0.4 is 4.74 Å². The zero-order chi connectivity index (χ0) is 19.3. The maximum Gasteiger partial charge on any atom is 0.234 e. The van der Waals surface area contributed by atoms with Gasteiger partial charge in [-0.2, -0.15) is 5.26 Å². The number of hydrogen-bond donors (Lipinski definition) is 0. The van der Waals surface area contributed by atoms with E-state index in [1.807, 2.05) is 24.3 Å². The molecule has 1 saturated carbocycles. The largest absolute Gasteiger partial charge is 0.495 e. The van der Waals surface area contributed by atoms with E-state index in [0.29, 0.717) is 10.9 Å². The van der Waals surface area contributed by atoms with E-state index in [2.05, 4.69) is 16.3 Å². The minimum absolute atomic E-state index is 0.0713. The molecule has 1 aliphatic rings. The minimum Gasteiger partial charge on any atom is -0.495 e. The fourth-order valence-corrected chi connectivity index (χ4v) is 4.27. The first-order valence-electron chi connectivity index (χ1n) is 8.95. The molecule has 27 heavy (non-hydrogen) atoms.